The molecule has 2 rings (SSSR count). The van der Waals surface area contributed by atoms with Gasteiger partial charge in [0.05, 0.1) is 18.9 Å². The molecule has 6 nitrogen and oxygen atoms in total. The number of hydrogen-bond donors (Lipinski definition) is 1. The van der Waals surface area contributed by atoms with Gasteiger partial charge in [0.15, 0.2) is 0 Å². The zero-order valence-corrected chi connectivity index (χ0v) is 11.1. The Labute approximate surface area is 107 Å². The Hall–Kier alpha value is -1.31. The summed E-state index contributed by atoms with van der Waals surface area (Å²) in [4.78, 5) is 0. The van der Waals surface area contributed by atoms with E-state index >= 15 is 0 Å². The molecule has 1 heterocycles. The maximum absolute atomic E-state index is 12.4. The number of nitrogens with two attached hydrogens (primary N) is 1. The van der Waals surface area contributed by atoms with Gasteiger partial charge in [0.1, 0.15) is 0 Å². The van der Waals surface area contributed by atoms with Gasteiger partial charge in [-0.3, -0.25) is 4.31 Å². The average molecular weight is 271 g/mol. The second kappa shape index (κ2) is 5.13. The molecule has 1 saturated heterocycles. The van der Waals surface area contributed by atoms with Gasteiger partial charge in [-0.25, -0.2) is 0 Å². The lowest BCUT2D eigenvalue weighted by Gasteiger charge is -2.31. The summed E-state index contributed by atoms with van der Waals surface area (Å²) in [5, 5.41) is 0. The maximum Gasteiger partial charge on any atom is 0.303 e. The van der Waals surface area contributed by atoms with Crippen molar-refractivity contribution in [3.63, 3.8) is 0 Å². The molecule has 1 aliphatic rings. The van der Waals surface area contributed by atoms with Gasteiger partial charge in [0.25, 0.3) is 0 Å². The van der Waals surface area contributed by atoms with Gasteiger partial charge >= 0.3 is 10.2 Å². The van der Waals surface area contributed by atoms with E-state index in [0.29, 0.717) is 37.7 Å². The van der Waals surface area contributed by atoms with Crippen molar-refractivity contribution >= 4 is 21.6 Å². The Morgan fingerprint density at radius 1 is 1.33 bits per heavy atom. The van der Waals surface area contributed by atoms with Gasteiger partial charge in [0.2, 0.25) is 0 Å². The van der Waals surface area contributed by atoms with Crippen LogP contribution in [0.25, 0.3) is 0 Å². The first kappa shape index (κ1) is 13.1. The van der Waals surface area contributed by atoms with Crippen molar-refractivity contribution in [2.45, 2.75) is 0 Å². The molecule has 0 saturated carbocycles. The van der Waals surface area contributed by atoms with E-state index in [4.69, 9.17) is 10.5 Å². The summed E-state index contributed by atoms with van der Waals surface area (Å²) in [6.45, 7) is 1.64. The average Bonchev–Trinajstić information content (AvgIpc) is 2.39. The minimum atomic E-state index is -3.50. The standard InChI is InChI=1S/C11H17N3O3S/c1-13(11-4-2-3-10(12)9-11)18(15,16)14-5-7-17-8-6-14/h2-4,9H,5-8,12H2,1H3. The van der Waals surface area contributed by atoms with Crippen LogP contribution in [0.1, 0.15) is 0 Å². The highest BCUT2D eigenvalue weighted by molar-refractivity contribution is 7.90. The zero-order valence-electron chi connectivity index (χ0n) is 10.2. The molecule has 0 aliphatic carbocycles. The number of anilines is 2. The molecule has 7 heteroatoms. The highest BCUT2D eigenvalue weighted by Gasteiger charge is 2.28. The van der Waals surface area contributed by atoms with Gasteiger partial charge in [-0.15, -0.1) is 0 Å². The highest BCUT2D eigenvalue weighted by Crippen LogP contribution is 2.21. The van der Waals surface area contributed by atoms with Crippen molar-refractivity contribution in [2.75, 3.05) is 43.4 Å². The quantitative estimate of drug-likeness (QED) is 0.801. The first-order valence-electron chi connectivity index (χ1n) is 5.69. The number of benzene rings is 1. The Bertz CT molecular complexity index is 512. The summed E-state index contributed by atoms with van der Waals surface area (Å²) in [5.41, 5.74) is 6.76. The van der Waals surface area contributed by atoms with Gasteiger partial charge in [-0.2, -0.15) is 12.7 Å². The van der Waals surface area contributed by atoms with Crippen molar-refractivity contribution in [3.8, 4) is 0 Å². The summed E-state index contributed by atoms with van der Waals surface area (Å²) in [6, 6.07) is 6.81. The normalized spacial score (nSPS) is 17.6. The fraction of sp³-hybridized carbons (Fsp3) is 0.455. The number of nitrogens with zero attached hydrogens (tertiary/aromatic N) is 2. The van der Waals surface area contributed by atoms with Gasteiger partial charge in [-0.1, -0.05) is 6.07 Å². The third kappa shape index (κ3) is 2.58. The Morgan fingerprint density at radius 3 is 2.61 bits per heavy atom. The molecule has 100 valence electrons. The highest BCUT2D eigenvalue weighted by atomic mass is 32.2. The van der Waals surface area contributed by atoms with E-state index in [1.165, 1.54) is 15.7 Å². The van der Waals surface area contributed by atoms with Crippen LogP contribution in [0.3, 0.4) is 0 Å². The third-order valence-corrected chi connectivity index (χ3v) is 4.80. The molecule has 1 fully saturated rings. The second-order valence-electron chi connectivity index (χ2n) is 4.08. The van der Waals surface area contributed by atoms with E-state index in [0.717, 1.165) is 0 Å². The monoisotopic (exact) mass is 271 g/mol. The van der Waals surface area contributed by atoms with Crippen LogP contribution in [0.4, 0.5) is 11.4 Å². The summed E-state index contributed by atoms with van der Waals surface area (Å²) < 4.78 is 32.5. The molecule has 18 heavy (non-hydrogen) atoms. The van der Waals surface area contributed by atoms with Crippen molar-refractivity contribution in [3.05, 3.63) is 24.3 Å². The van der Waals surface area contributed by atoms with Crippen LogP contribution in [0.15, 0.2) is 24.3 Å². The molecule has 0 radical (unpaired) electrons. The number of ether oxygens (including phenoxy) is 1. The largest absolute Gasteiger partial charge is 0.399 e. The minimum absolute atomic E-state index is 0.384. The van der Waals surface area contributed by atoms with E-state index in [-0.39, 0.29) is 0 Å². The lowest BCUT2D eigenvalue weighted by atomic mass is 10.3. The van der Waals surface area contributed by atoms with Crippen LogP contribution >= 0.6 is 0 Å². The molecule has 0 bridgehead atoms. The Morgan fingerprint density at radius 2 is 2.00 bits per heavy atom. The fourth-order valence-corrected chi connectivity index (χ4v) is 3.14. The molecular formula is C11H17N3O3S. The SMILES string of the molecule is CN(c1cccc(N)c1)S(=O)(=O)N1CCOCC1. The summed E-state index contributed by atoms with van der Waals surface area (Å²) in [5.74, 6) is 0. The van der Waals surface area contributed by atoms with E-state index in [2.05, 4.69) is 0 Å². The molecule has 0 amide bonds. The molecule has 0 aromatic heterocycles. The fourth-order valence-electron chi connectivity index (χ4n) is 1.80. The molecule has 0 spiro atoms. The second-order valence-corrected chi connectivity index (χ2v) is 6.04. The minimum Gasteiger partial charge on any atom is -0.399 e. The van der Waals surface area contributed by atoms with Crippen molar-refractivity contribution in [2.24, 2.45) is 0 Å². The molecule has 1 aromatic carbocycles. The van der Waals surface area contributed by atoms with Gasteiger partial charge in [0, 0.05) is 25.8 Å². The van der Waals surface area contributed by atoms with Crippen LogP contribution < -0.4 is 10.0 Å². The zero-order chi connectivity index (χ0) is 13.2. The maximum atomic E-state index is 12.4. The molecule has 1 aliphatic heterocycles. The third-order valence-electron chi connectivity index (χ3n) is 2.88. The lowest BCUT2D eigenvalue weighted by Crippen LogP contribution is -2.47. The predicted molar refractivity (Wildman–Crippen MR) is 70.6 cm³/mol. The van der Waals surface area contributed by atoms with E-state index in [9.17, 15) is 8.42 Å². The number of rotatable bonds is 3. The summed E-state index contributed by atoms with van der Waals surface area (Å²) in [6.07, 6.45) is 0. The van der Waals surface area contributed by atoms with Crippen LogP contribution in [-0.4, -0.2) is 46.1 Å². The van der Waals surface area contributed by atoms with Gasteiger partial charge < -0.3 is 10.5 Å². The number of morpholine rings is 1. The topological polar surface area (TPSA) is 75.9 Å². The molecular weight excluding hydrogens is 254 g/mol. The Kier molecular flexibility index (Phi) is 3.74. The first-order valence-corrected chi connectivity index (χ1v) is 7.09. The van der Waals surface area contributed by atoms with Crippen LogP contribution in [-0.2, 0) is 14.9 Å². The van der Waals surface area contributed by atoms with Crippen molar-refractivity contribution in [1.29, 1.82) is 0 Å². The van der Waals surface area contributed by atoms with Crippen LogP contribution in [0.2, 0.25) is 0 Å². The lowest BCUT2D eigenvalue weighted by molar-refractivity contribution is 0.0730. The molecule has 0 atom stereocenters. The predicted octanol–water partition coefficient (Wildman–Crippen LogP) is 0.282. The van der Waals surface area contributed by atoms with Crippen LogP contribution in [0, 0.1) is 0 Å². The van der Waals surface area contributed by atoms with Crippen LogP contribution in [0.5, 0.6) is 0 Å². The molecule has 1 aromatic rings. The van der Waals surface area contributed by atoms with Gasteiger partial charge in [-0.05, 0) is 18.2 Å². The Balaban J connectivity index is 2.23. The van der Waals surface area contributed by atoms with E-state index in [1.54, 1.807) is 24.3 Å². The molecule has 0 unspecified atom stereocenters. The molecule has 2 N–H and O–H groups in total. The van der Waals surface area contributed by atoms with E-state index < -0.39 is 10.2 Å². The van der Waals surface area contributed by atoms with E-state index in [1.807, 2.05) is 0 Å². The number of hydrogen-bond acceptors (Lipinski definition) is 4. The van der Waals surface area contributed by atoms with Crippen molar-refractivity contribution in [1.82, 2.24) is 4.31 Å². The van der Waals surface area contributed by atoms with Crippen molar-refractivity contribution < 1.29 is 13.2 Å². The summed E-state index contributed by atoms with van der Waals surface area (Å²) >= 11 is 0. The summed E-state index contributed by atoms with van der Waals surface area (Å²) in [7, 11) is -1.97. The number of nitrogen functional groups attached to an aromatic ring is 1. The first-order chi connectivity index (χ1) is 8.51. The smallest absolute Gasteiger partial charge is 0.303 e.